The van der Waals surface area contributed by atoms with Crippen LogP contribution in [0.4, 0.5) is 0 Å². The summed E-state index contributed by atoms with van der Waals surface area (Å²) in [7, 11) is 0. The molecule has 0 radical (unpaired) electrons. The topological polar surface area (TPSA) is 50.1 Å². The number of nitriles is 1. The van der Waals surface area contributed by atoms with Crippen LogP contribution in [0.3, 0.4) is 0 Å². The summed E-state index contributed by atoms with van der Waals surface area (Å²) < 4.78 is 5.94. The normalized spacial score (nSPS) is 15.2. The number of ether oxygens (including phenoxy) is 1. The third-order valence-electron chi connectivity index (χ3n) is 6.86. The summed E-state index contributed by atoms with van der Waals surface area (Å²) in [5.41, 5.74) is 3.34. The van der Waals surface area contributed by atoms with Gasteiger partial charge in [0.1, 0.15) is 11.8 Å². The molecule has 2 aromatic carbocycles. The van der Waals surface area contributed by atoms with Crippen LogP contribution in [0.15, 0.2) is 42.5 Å². The second kappa shape index (κ2) is 11.9. The first-order chi connectivity index (χ1) is 15.6. The van der Waals surface area contributed by atoms with Gasteiger partial charge in [-0.05, 0) is 67.3 Å². The standard InChI is InChI=1S/C29H37NO2/c1-3-5-8-12-23-13-16-26(17-14-23)29(19-9-7-10-20-29)28(31)32-27-18-15-24(11-6-4-2)21-25(27)22-30/h13-18,21H,3-12,19-20H2,1-2H3. The summed E-state index contributed by atoms with van der Waals surface area (Å²) in [6, 6.07) is 16.5. The predicted octanol–water partition coefficient (Wildman–Crippen LogP) is 7.44. The van der Waals surface area contributed by atoms with Crippen LogP contribution in [0, 0.1) is 11.3 Å². The molecule has 1 aliphatic rings. The van der Waals surface area contributed by atoms with Gasteiger partial charge in [0.2, 0.25) is 0 Å². The molecule has 0 aliphatic heterocycles. The van der Waals surface area contributed by atoms with E-state index < -0.39 is 5.41 Å². The lowest BCUT2D eigenvalue weighted by atomic mass is 9.69. The Hall–Kier alpha value is -2.60. The highest BCUT2D eigenvalue weighted by molar-refractivity contribution is 5.85. The number of carbonyl (C=O) groups excluding carboxylic acids is 1. The molecule has 0 spiro atoms. The molecule has 1 saturated carbocycles. The Bertz CT molecular complexity index is 917. The zero-order valence-electron chi connectivity index (χ0n) is 19.8. The zero-order chi connectivity index (χ0) is 22.8. The third kappa shape index (κ3) is 5.80. The molecular weight excluding hydrogens is 394 g/mol. The Labute approximate surface area is 193 Å². The van der Waals surface area contributed by atoms with Gasteiger partial charge in [0, 0.05) is 0 Å². The summed E-state index contributed by atoms with van der Waals surface area (Å²) in [6.45, 7) is 4.38. The molecule has 0 amide bonds. The maximum atomic E-state index is 13.6. The van der Waals surface area contributed by atoms with Crippen molar-refractivity contribution in [2.45, 2.75) is 96.3 Å². The fraction of sp³-hybridized carbons (Fsp3) is 0.517. The highest BCUT2D eigenvalue weighted by Crippen LogP contribution is 2.41. The number of carbonyl (C=O) groups is 1. The van der Waals surface area contributed by atoms with Crippen molar-refractivity contribution < 1.29 is 9.53 Å². The molecule has 0 aromatic heterocycles. The maximum Gasteiger partial charge on any atom is 0.321 e. The Morgan fingerprint density at radius 3 is 2.22 bits per heavy atom. The minimum Gasteiger partial charge on any atom is -0.424 e. The molecule has 3 nitrogen and oxygen atoms in total. The molecule has 0 unspecified atom stereocenters. The van der Waals surface area contributed by atoms with Gasteiger partial charge in [-0.2, -0.15) is 5.26 Å². The van der Waals surface area contributed by atoms with Crippen molar-refractivity contribution in [2.24, 2.45) is 0 Å². The minimum absolute atomic E-state index is 0.214. The SMILES string of the molecule is CCCCCc1ccc(C2(C(=O)Oc3ccc(CCCC)cc3C#N)CCCCC2)cc1. The lowest BCUT2D eigenvalue weighted by Gasteiger charge is -2.35. The van der Waals surface area contributed by atoms with Gasteiger partial charge in [-0.1, -0.05) is 82.7 Å². The quantitative estimate of drug-likeness (QED) is 0.223. The first kappa shape index (κ1) is 24.1. The summed E-state index contributed by atoms with van der Waals surface area (Å²) in [5.74, 6) is 0.174. The summed E-state index contributed by atoms with van der Waals surface area (Å²) in [6.07, 6.45) is 12.7. The van der Waals surface area contributed by atoms with Gasteiger partial charge in [0.05, 0.1) is 11.0 Å². The number of unbranched alkanes of at least 4 members (excludes halogenated alkanes) is 3. The fourth-order valence-electron chi connectivity index (χ4n) is 4.82. The van der Waals surface area contributed by atoms with E-state index in [2.05, 4.69) is 44.2 Å². The molecule has 1 fully saturated rings. The average molecular weight is 432 g/mol. The Kier molecular flexibility index (Phi) is 8.91. The summed E-state index contributed by atoms with van der Waals surface area (Å²) in [5, 5.41) is 9.65. The third-order valence-corrected chi connectivity index (χ3v) is 6.86. The van der Waals surface area contributed by atoms with Crippen molar-refractivity contribution in [2.75, 3.05) is 0 Å². The average Bonchev–Trinajstić information content (AvgIpc) is 2.84. The van der Waals surface area contributed by atoms with Crippen LogP contribution in [-0.2, 0) is 23.1 Å². The van der Waals surface area contributed by atoms with Crippen molar-refractivity contribution in [1.29, 1.82) is 5.26 Å². The molecule has 3 rings (SSSR count). The van der Waals surface area contributed by atoms with Gasteiger partial charge in [0.15, 0.2) is 0 Å². The molecule has 2 aromatic rings. The number of esters is 1. The molecule has 3 heteroatoms. The van der Waals surface area contributed by atoms with Gasteiger partial charge in [-0.25, -0.2) is 0 Å². The molecule has 0 N–H and O–H groups in total. The van der Waals surface area contributed by atoms with Crippen LogP contribution in [0.25, 0.3) is 0 Å². The highest BCUT2D eigenvalue weighted by Gasteiger charge is 2.43. The minimum atomic E-state index is -0.617. The second-order valence-electron chi connectivity index (χ2n) is 9.23. The molecule has 0 atom stereocenters. The van der Waals surface area contributed by atoms with E-state index in [-0.39, 0.29) is 5.97 Å². The van der Waals surface area contributed by atoms with E-state index >= 15 is 0 Å². The van der Waals surface area contributed by atoms with E-state index in [0.29, 0.717) is 11.3 Å². The monoisotopic (exact) mass is 431 g/mol. The van der Waals surface area contributed by atoms with Crippen molar-refractivity contribution in [3.63, 3.8) is 0 Å². The van der Waals surface area contributed by atoms with Crippen molar-refractivity contribution in [3.8, 4) is 11.8 Å². The van der Waals surface area contributed by atoms with Gasteiger partial charge in [0.25, 0.3) is 0 Å². The van der Waals surface area contributed by atoms with E-state index in [1.165, 1.54) is 24.8 Å². The molecule has 0 bridgehead atoms. The molecule has 0 heterocycles. The van der Waals surface area contributed by atoms with Crippen LogP contribution in [0.2, 0.25) is 0 Å². The van der Waals surface area contributed by atoms with E-state index in [0.717, 1.165) is 68.9 Å². The van der Waals surface area contributed by atoms with Crippen molar-refractivity contribution in [1.82, 2.24) is 0 Å². The Morgan fingerprint density at radius 2 is 1.56 bits per heavy atom. The van der Waals surface area contributed by atoms with Crippen LogP contribution in [0.5, 0.6) is 5.75 Å². The van der Waals surface area contributed by atoms with E-state index in [1.54, 1.807) is 6.07 Å². The number of nitrogens with zero attached hydrogens (tertiary/aromatic N) is 1. The second-order valence-corrected chi connectivity index (χ2v) is 9.23. The van der Waals surface area contributed by atoms with Crippen LogP contribution < -0.4 is 4.74 Å². The summed E-state index contributed by atoms with van der Waals surface area (Å²) >= 11 is 0. The maximum absolute atomic E-state index is 13.6. The van der Waals surface area contributed by atoms with Gasteiger partial charge in [-0.15, -0.1) is 0 Å². The van der Waals surface area contributed by atoms with Crippen molar-refractivity contribution in [3.05, 3.63) is 64.7 Å². The number of hydrogen-bond donors (Lipinski definition) is 0. The first-order valence-electron chi connectivity index (χ1n) is 12.5. The molecule has 170 valence electrons. The first-order valence-corrected chi connectivity index (χ1v) is 12.5. The number of hydrogen-bond acceptors (Lipinski definition) is 3. The number of benzene rings is 2. The van der Waals surface area contributed by atoms with E-state index in [4.69, 9.17) is 4.74 Å². The summed E-state index contributed by atoms with van der Waals surface area (Å²) in [4.78, 5) is 13.6. The molecule has 1 aliphatic carbocycles. The number of aryl methyl sites for hydroxylation is 2. The van der Waals surface area contributed by atoms with Gasteiger partial charge in [-0.3, -0.25) is 4.79 Å². The van der Waals surface area contributed by atoms with Crippen molar-refractivity contribution >= 4 is 5.97 Å². The Balaban J connectivity index is 1.82. The lowest BCUT2D eigenvalue weighted by molar-refractivity contribution is -0.142. The smallest absolute Gasteiger partial charge is 0.321 e. The van der Waals surface area contributed by atoms with Crippen LogP contribution in [-0.4, -0.2) is 5.97 Å². The highest BCUT2D eigenvalue weighted by atomic mass is 16.5. The van der Waals surface area contributed by atoms with Gasteiger partial charge < -0.3 is 4.74 Å². The largest absolute Gasteiger partial charge is 0.424 e. The lowest BCUT2D eigenvalue weighted by Crippen LogP contribution is -2.41. The molecular formula is C29H37NO2. The number of rotatable bonds is 10. The van der Waals surface area contributed by atoms with Crippen LogP contribution in [0.1, 0.15) is 100 Å². The molecule has 32 heavy (non-hydrogen) atoms. The predicted molar refractivity (Wildman–Crippen MR) is 130 cm³/mol. The zero-order valence-corrected chi connectivity index (χ0v) is 19.8. The van der Waals surface area contributed by atoms with E-state index in [9.17, 15) is 10.1 Å². The Morgan fingerprint density at radius 1 is 0.906 bits per heavy atom. The fourth-order valence-corrected chi connectivity index (χ4v) is 4.82. The van der Waals surface area contributed by atoms with E-state index in [1.807, 2.05) is 12.1 Å². The molecule has 0 saturated heterocycles. The van der Waals surface area contributed by atoms with Crippen LogP contribution >= 0.6 is 0 Å². The van der Waals surface area contributed by atoms with Gasteiger partial charge >= 0.3 is 5.97 Å².